The molecule has 0 aromatic heterocycles. The van der Waals surface area contributed by atoms with Gasteiger partial charge in [-0.2, -0.15) is 5.26 Å². The zero-order valence-electron chi connectivity index (χ0n) is 21.9. The molecule has 0 radical (unpaired) electrons. The SMILES string of the molecule is CCCCCOc1ccccc1C1C(C#N)=C(N)Oc2cc(OC(=O)Cc3cccc4ccccc34)ccc21. The fourth-order valence-corrected chi connectivity index (χ4v) is 4.97. The van der Waals surface area contributed by atoms with Gasteiger partial charge >= 0.3 is 5.97 Å². The van der Waals surface area contributed by atoms with Crippen LogP contribution in [0.1, 0.15) is 48.8 Å². The smallest absolute Gasteiger partial charge is 0.315 e. The van der Waals surface area contributed by atoms with Crippen LogP contribution in [0.4, 0.5) is 0 Å². The minimum atomic E-state index is -0.471. The van der Waals surface area contributed by atoms with Crippen LogP contribution in [0.25, 0.3) is 10.8 Å². The first kappa shape index (κ1) is 25.9. The zero-order valence-corrected chi connectivity index (χ0v) is 21.9. The first-order valence-electron chi connectivity index (χ1n) is 13.2. The predicted octanol–water partition coefficient (Wildman–Crippen LogP) is 6.78. The summed E-state index contributed by atoms with van der Waals surface area (Å²) in [5.41, 5.74) is 9.01. The summed E-state index contributed by atoms with van der Waals surface area (Å²) in [6.45, 7) is 2.74. The van der Waals surface area contributed by atoms with Crippen LogP contribution in [-0.4, -0.2) is 12.6 Å². The first-order valence-corrected chi connectivity index (χ1v) is 13.2. The highest BCUT2D eigenvalue weighted by Gasteiger charge is 2.33. The monoisotopic (exact) mass is 518 g/mol. The van der Waals surface area contributed by atoms with Crippen molar-refractivity contribution in [1.29, 1.82) is 5.26 Å². The van der Waals surface area contributed by atoms with Crippen LogP contribution in [0.15, 0.2) is 96.4 Å². The van der Waals surface area contributed by atoms with Gasteiger partial charge in [0, 0.05) is 17.2 Å². The van der Waals surface area contributed by atoms with E-state index in [0.29, 0.717) is 29.4 Å². The molecular weight excluding hydrogens is 488 g/mol. The molecule has 1 heterocycles. The van der Waals surface area contributed by atoms with Crippen molar-refractivity contribution in [3.05, 3.63) is 113 Å². The molecule has 196 valence electrons. The highest BCUT2D eigenvalue weighted by molar-refractivity contribution is 5.89. The number of hydrogen-bond donors (Lipinski definition) is 1. The third-order valence-corrected chi connectivity index (χ3v) is 6.87. The molecular formula is C33H30N2O4. The number of unbranched alkanes of at least 4 members (excludes halogenated alkanes) is 2. The quantitative estimate of drug-likeness (QED) is 0.149. The number of nitrogens with zero attached hydrogens (tertiary/aromatic N) is 1. The number of fused-ring (bicyclic) bond motifs is 2. The van der Waals surface area contributed by atoms with E-state index in [1.807, 2.05) is 72.8 Å². The van der Waals surface area contributed by atoms with E-state index in [-0.39, 0.29) is 18.3 Å². The number of carbonyl (C=O) groups excluding carboxylic acids is 1. The summed E-state index contributed by atoms with van der Waals surface area (Å²) in [6, 6.07) is 28.9. The number of ether oxygens (including phenoxy) is 3. The van der Waals surface area contributed by atoms with Gasteiger partial charge in [0.05, 0.1) is 18.9 Å². The average Bonchev–Trinajstić information content (AvgIpc) is 2.95. The van der Waals surface area contributed by atoms with Crippen LogP contribution < -0.4 is 19.9 Å². The number of rotatable bonds is 9. The van der Waals surface area contributed by atoms with E-state index < -0.39 is 5.92 Å². The van der Waals surface area contributed by atoms with E-state index in [1.165, 1.54) is 0 Å². The van der Waals surface area contributed by atoms with Crippen molar-refractivity contribution in [3.8, 4) is 23.3 Å². The second-order valence-corrected chi connectivity index (χ2v) is 9.51. The van der Waals surface area contributed by atoms with E-state index in [9.17, 15) is 10.1 Å². The molecule has 39 heavy (non-hydrogen) atoms. The summed E-state index contributed by atoms with van der Waals surface area (Å²) in [4.78, 5) is 12.9. The molecule has 4 aromatic rings. The molecule has 4 aromatic carbocycles. The van der Waals surface area contributed by atoms with Crippen molar-refractivity contribution in [3.63, 3.8) is 0 Å². The fourth-order valence-electron chi connectivity index (χ4n) is 4.97. The van der Waals surface area contributed by atoms with Crippen molar-refractivity contribution in [2.45, 2.75) is 38.5 Å². The van der Waals surface area contributed by atoms with Gasteiger partial charge in [-0.3, -0.25) is 4.79 Å². The molecule has 0 amide bonds. The molecule has 1 atom stereocenters. The molecule has 1 aliphatic heterocycles. The number of hydrogen-bond acceptors (Lipinski definition) is 6. The van der Waals surface area contributed by atoms with Gasteiger partial charge in [-0.25, -0.2) is 0 Å². The van der Waals surface area contributed by atoms with Crippen molar-refractivity contribution < 1.29 is 19.0 Å². The highest BCUT2D eigenvalue weighted by atomic mass is 16.5. The lowest BCUT2D eigenvalue weighted by molar-refractivity contribution is -0.133. The average molecular weight is 519 g/mol. The minimum Gasteiger partial charge on any atom is -0.493 e. The van der Waals surface area contributed by atoms with Crippen molar-refractivity contribution >= 4 is 16.7 Å². The lowest BCUT2D eigenvalue weighted by Gasteiger charge is -2.28. The minimum absolute atomic E-state index is 0.0232. The Labute approximate surface area is 228 Å². The maximum absolute atomic E-state index is 12.9. The van der Waals surface area contributed by atoms with Gasteiger partial charge in [-0.1, -0.05) is 86.5 Å². The van der Waals surface area contributed by atoms with Gasteiger partial charge in [-0.05, 0) is 34.9 Å². The summed E-state index contributed by atoms with van der Waals surface area (Å²) in [5, 5.41) is 12.1. The van der Waals surface area contributed by atoms with Gasteiger partial charge in [0.1, 0.15) is 28.9 Å². The first-order chi connectivity index (χ1) is 19.1. The maximum Gasteiger partial charge on any atom is 0.315 e. The van der Waals surface area contributed by atoms with Crippen molar-refractivity contribution in [1.82, 2.24) is 0 Å². The summed E-state index contributed by atoms with van der Waals surface area (Å²) in [5.74, 6) is 0.655. The maximum atomic E-state index is 12.9. The standard InChI is InChI=1S/C33H30N2O4/c1-2-3-8-18-37-29-15-7-6-14-26(29)32-27-17-16-24(20-30(27)39-33(35)28(32)21-34)38-31(36)19-23-12-9-11-22-10-4-5-13-25(22)23/h4-7,9-17,20,32H,2-3,8,18-19,35H2,1H3. The van der Waals surface area contributed by atoms with Gasteiger partial charge in [-0.15, -0.1) is 0 Å². The molecule has 0 bridgehead atoms. The van der Waals surface area contributed by atoms with Gasteiger partial charge in [0.15, 0.2) is 0 Å². The Morgan fingerprint density at radius 3 is 2.62 bits per heavy atom. The fraction of sp³-hybridized carbons (Fsp3) is 0.212. The third-order valence-electron chi connectivity index (χ3n) is 6.87. The normalized spacial score (nSPS) is 14.3. The molecule has 0 aliphatic carbocycles. The largest absolute Gasteiger partial charge is 0.493 e. The van der Waals surface area contributed by atoms with E-state index in [1.54, 1.807) is 12.1 Å². The number of benzene rings is 4. The highest BCUT2D eigenvalue weighted by Crippen LogP contribution is 2.46. The van der Waals surface area contributed by atoms with Crippen molar-refractivity contribution in [2.75, 3.05) is 6.61 Å². The van der Waals surface area contributed by atoms with Crippen LogP contribution >= 0.6 is 0 Å². The summed E-state index contributed by atoms with van der Waals surface area (Å²) in [7, 11) is 0. The van der Waals surface area contributed by atoms with Crippen molar-refractivity contribution in [2.24, 2.45) is 5.73 Å². The zero-order chi connectivity index (χ0) is 27.2. The number of allylic oxidation sites excluding steroid dienone is 1. The summed E-state index contributed by atoms with van der Waals surface area (Å²) in [6.07, 6.45) is 3.27. The van der Waals surface area contributed by atoms with E-state index in [4.69, 9.17) is 19.9 Å². The molecule has 0 spiro atoms. The van der Waals surface area contributed by atoms with E-state index >= 15 is 0 Å². The lowest BCUT2D eigenvalue weighted by atomic mass is 9.83. The number of nitrogens with two attached hydrogens (primary N) is 1. The molecule has 6 nitrogen and oxygen atoms in total. The Hall–Kier alpha value is -4.76. The molecule has 1 aliphatic rings. The van der Waals surface area contributed by atoms with Crippen LogP contribution in [0.2, 0.25) is 0 Å². The topological polar surface area (TPSA) is 94.6 Å². The molecule has 0 fully saturated rings. The number of nitriles is 1. The van der Waals surface area contributed by atoms with Gasteiger partial charge in [0.2, 0.25) is 5.88 Å². The Balaban J connectivity index is 1.41. The molecule has 0 saturated heterocycles. The molecule has 2 N–H and O–H groups in total. The van der Waals surface area contributed by atoms with Crippen LogP contribution in [0, 0.1) is 11.3 Å². The molecule has 6 heteroatoms. The van der Waals surface area contributed by atoms with Crippen LogP contribution in [0.5, 0.6) is 17.2 Å². The van der Waals surface area contributed by atoms with Gasteiger partial charge in [0.25, 0.3) is 0 Å². The second-order valence-electron chi connectivity index (χ2n) is 9.51. The number of carbonyl (C=O) groups is 1. The lowest BCUT2D eigenvalue weighted by Crippen LogP contribution is -2.21. The molecule has 5 rings (SSSR count). The Morgan fingerprint density at radius 2 is 1.77 bits per heavy atom. The Bertz CT molecular complexity index is 1580. The third kappa shape index (κ3) is 5.58. The van der Waals surface area contributed by atoms with E-state index in [2.05, 4.69) is 13.0 Å². The number of para-hydroxylation sites is 1. The Kier molecular flexibility index (Phi) is 7.79. The number of esters is 1. The summed E-state index contributed by atoms with van der Waals surface area (Å²) >= 11 is 0. The van der Waals surface area contributed by atoms with Crippen LogP contribution in [-0.2, 0) is 11.2 Å². The molecule has 0 saturated carbocycles. The Morgan fingerprint density at radius 1 is 0.974 bits per heavy atom. The van der Waals surface area contributed by atoms with Gasteiger partial charge < -0.3 is 19.9 Å². The van der Waals surface area contributed by atoms with Crippen LogP contribution in [0.3, 0.4) is 0 Å². The molecule has 1 unspecified atom stereocenters. The predicted molar refractivity (Wildman–Crippen MR) is 150 cm³/mol. The second kappa shape index (κ2) is 11.7. The van der Waals surface area contributed by atoms with E-state index in [0.717, 1.165) is 46.7 Å². The summed E-state index contributed by atoms with van der Waals surface area (Å²) < 4.78 is 17.7.